The largest absolute Gasteiger partial charge is 0.497 e. The first-order valence-corrected chi connectivity index (χ1v) is 5.74. The molecular formula is C14H12ClNO2. The van der Waals surface area contributed by atoms with Crippen molar-refractivity contribution in [1.82, 2.24) is 0 Å². The second-order valence-electron chi connectivity index (χ2n) is 3.76. The highest BCUT2D eigenvalue weighted by molar-refractivity contribution is 6.35. The molecule has 0 amide bonds. The Bertz CT molecular complexity index is 559. The predicted octanol–water partition coefficient (Wildman–Crippen LogP) is 3.16. The molecule has 0 spiro atoms. The molecule has 2 N–H and O–H groups in total. The number of anilines is 1. The van der Waals surface area contributed by atoms with Gasteiger partial charge in [-0.05, 0) is 36.4 Å². The van der Waals surface area contributed by atoms with Crippen molar-refractivity contribution in [3.8, 4) is 5.75 Å². The number of nitrogen functional groups attached to an aromatic ring is 1. The Morgan fingerprint density at radius 3 is 2.39 bits per heavy atom. The van der Waals surface area contributed by atoms with E-state index in [1.807, 2.05) is 0 Å². The van der Waals surface area contributed by atoms with Gasteiger partial charge in [0.2, 0.25) is 0 Å². The molecule has 0 fully saturated rings. The van der Waals surface area contributed by atoms with Crippen LogP contribution in [-0.2, 0) is 0 Å². The van der Waals surface area contributed by atoms with E-state index in [2.05, 4.69) is 0 Å². The van der Waals surface area contributed by atoms with Crippen LogP contribution < -0.4 is 10.5 Å². The van der Waals surface area contributed by atoms with Gasteiger partial charge in [-0.15, -0.1) is 0 Å². The van der Waals surface area contributed by atoms with E-state index in [4.69, 9.17) is 22.1 Å². The fourth-order valence-corrected chi connectivity index (χ4v) is 1.93. The first-order chi connectivity index (χ1) is 8.63. The Kier molecular flexibility index (Phi) is 3.53. The molecule has 2 aromatic carbocycles. The number of rotatable bonds is 3. The summed E-state index contributed by atoms with van der Waals surface area (Å²) in [5.74, 6) is 0.499. The summed E-state index contributed by atoms with van der Waals surface area (Å²) in [5, 5.41) is 0.357. The van der Waals surface area contributed by atoms with Gasteiger partial charge in [-0.3, -0.25) is 4.79 Å². The lowest BCUT2D eigenvalue weighted by Crippen LogP contribution is -2.06. The maximum Gasteiger partial charge on any atom is 0.196 e. The lowest BCUT2D eigenvalue weighted by Gasteiger charge is -2.07. The summed E-state index contributed by atoms with van der Waals surface area (Å²) in [6, 6.07) is 11.8. The third-order valence-corrected chi connectivity index (χ3v) is 2.94. The van der Waals surface area contributed by atoms with Crippen molar-refractivity contribution in [1.29, 1.82) is 0 Å². The molecule has 0 atom stereocenters. The molecule has 0 radical (unpaired) electrons. The number of hydrogen-bond donors (Lipinski definition) is 1. The van der Waals surface area contributed by atoms with Crippen LogP contribution in [0.1, 0.15) is 15.9 Å². The average Bonchev–Trinajstić information content (AvgIpc) is 2.38. The molecule has 0 aliphatic carbocycles. The second-order valence-corrected chi connectivity index (χ2v) is 4.17. The monoisotopic (exact) mass is 261 g/mol. The van der Waals surface area contributed by atoms with Crippen molar-refractivity contribution in [3.05, 3.63) is 58.6 Å². The highest BCUT2D eigenvalue weighted by Gasteiger charge is 2.15. The Morgan fingerprint density at radius 1 is 1.17 bits per heavy atom. The van der Waals surface area contributed by atoms with Crippen LogP contribution in [0.2, 0.25) is 5.02 Å². The third kappa shape index (κ3) is 2.31. The van der Waals surface area contributed by atoms with E-state index in [1.165, 1.54) is 0 Å². The average molecular weight is 262 g/mol. The normalized spacial score (nSPS) is 10.1. The van der Waals surface area contributed by atoms with Crippen LogP contribution in [0, 0.1) is 0 Å². The highest BCUT2D eigenvalue weighted by Crippen LogP contribution is 2.25. The Hall–Kier alpha value is -2.00. The maximum absolute atomic E-state index is 12.3. The van der Waals surface area contributed by atoms with Gasteiger partial charge in [0.05, 0.1) is 17.7 Å². The molecule has 0 saturated heterocycles. The molecule has 0 aliphatic rings. The quantitative estimate of drug-likeness (QED) is 0.682. The van der Waals surface area contributed by atoms with Gasteiger partial charge in [0, 0.05) is 11.3 Å². The van der Waals surface area contributed by atoms with Crippen LogP contribution in [-0.4, -0.2) is 12.9 Å². The van der Waals surface area contributed by atoms with Crippen LogP contribution in [0.5, 0.6) is 5.75 Å². The summed E-state index contributed by atoms with van der Waals surface area (Å²) in [6.07, 6.45) is 0. The fraction of sp³-hybridized carbons (Fsp3) is 0.0714. The molecule has 2 aromatic rings. The number of carbonyl (C=O) groups is 1. The summed E-state index contributed by atoms with van der Waals surface area (Å²) in [6.45, 7) is 0. The second kappa shape index (κ2) is 5.10. The molecule has 0 aliphatic heterocycles. The summed E-state index contributed by atoms with van der Waals surface area (Å²) in [7, 11) is 1.57. The molecule has 0 aromatic heterocycles. The number of halogens is 1. The standard InChI is InChI=1S/C14H12ClNO2/c1-18-10-7-5-9(6-8-10)14(17)13-11(15)3-2-4-12(13)16/h2-8H,16H2,1H3. The van der Waals surface area contributed by atoms with Gasteiger partial charge in [0.1, 0.15) is 5.75 Å². The number of ketones is 1. The van der Waals surface area contributed by atoms with Crippen LogP contribution in [0.4, 0.5) is 5.69 Å². The van der Waals surface area contributed by atoms with E-state index in [-0.39, 0.29) is 5.78 Å². The van der Waals surface area contributed by atoms with Gasteiger partial charge in [-0.25, -0.2) is 0 Å². The van der Waals surface area contributed by atoms with E-state index < -0.39 is 0 Å². The van der Waals surface area contributed by atoms with Gasteiger partial charge < -0.3 is 10.5 Å². The van der Waals surface area contributed by atoms with Gasteiger partial charge >= 0.3 is 0 Å². The van der Waals surface area contributed by atoms with Crippen LogP contribution in [0.3, 0.4) is 0 Å². The van der Waals surface area contributed by atoms with E-state index in [9.17, 15) is 4.79 Å². The summed E-state index contributed by atoms with van der Waals surface area (Å²) in [4.78, 5) is 12.3. The number of ether oxygens (including phenoxy) is 1. The van der Waals surface area contributed by atoms with E-state index in [0.717, 1.165) is 0 Å². The van der Waals surface area contributed by atoms with Crippen molar-refractivity contribution in [3.63, 3.8) is 0 Å². The van der Waals surface area contributed by atoms with Crippen LogP contribution in [0.15, 0.2) is 42.5 Å². The fourth-order valence-electron chi connectivity index (χ4n) is 1.67. The minimum Gasteiger partial charge on any atom is -0.497 e. The van der Waals surface area contributed by atoms with Crippen molar-refractivity contribution < 1.29 is 9.53 Å². The number of methoxy groups -OCH3 is 1. The molecule has 3 nitrogen and oxygen atoms in total. The van der Waals surface area contributed by atoms with Crippen LogP contribution >= 0.6 is 11.6 Å². The molecule has 0 saturated carbocycles. The number of hydrogen-bond acceptors (Lipinski definition) is 3. The Balaban J connectivity index is 2.41. The minimum atomic E-state index is -0.194. The molecule has 18 heavy (non-hydrogen) atoms. The first-order valence-electron chi connectivity index (χ1n) is 5.36. The SMILES string of the molecule is COc1ccc(C(=O)c2c(N)cccc2Cl)cc1. The molecular weight excluding hydrogens is 250 g/mol. The predicted molar refractivity (Wildman–Crippen MR) is 72.3 cm³/mol. The molecule has 2 rings (SSSR count). The molecule has 0 heterocycles. The van der Waals surface area contributed by atoms with Gasteiger partial charge in [0.15, 0.2) is 5.78 Å². The van der Waals surface area contributed by atoms with E-state index in [0.29, 0.717) is 27.6 Å². The van der Waals surface area contributed by atoms with Crippen molar-refractivity contribution in [2.75, 3.05) is 12.8 Å². The van der Waals surface area contributed by atoms with E-state index >= 15 is 0 Å². The summed E-state index contributed by atoms with van der Waals surface area (Å²) in [5.41, 5.74) is 7.02. The Morgan fingerprint density at radius 2 is 1.83 bits per heavy atom. The third-order valence-electron chi connectivity index (χ3n) is 2.63. The topological polar surface area (TPSA) is 52.3 Å². The molecule has 4 heteroatoms. The van der Waals surface area contributed by atoms with Gasteiger partial charge in [-0.2, -0.15) is 0 Å². The summed E-state index contributed by atoms with van der Waals surface area (Å²) >= 11 is 6.01. The molecule has 0 bridgehead atoms. The lowest BCUT2D eigenvalue weighted by molar-refractivity contribution is 0.103. The Labute approximate surface area is 110 Å². The first kappa shape index (κ1) is 12.5. The van der Waals surface area contributed by atoms with Gasteiger partial charge in [-0.1, -0.05) is 17.7 Å². The van der Waals surface area contributed by atoms with Crippen LogP contribution in [0.25, 0.3) is 0 Å². The number of nitrogens with two attached hydrogens (primary N) is 1. The zero-order valence-corrected chi connectivity index (χ0v) is 10.6. The number of carbonyl (C=O) groups excluding carboxylic acids is 1. The van der Waals surface area contributed by atoms with Crippen molar-refractivity contribution >= 4 is 23.1 Å². The molecule has 0 unspecified atom stereocenters. The van der Waals surface area contributed by atoms with Crippen molar-refractivity contribution in [2.45, 2.75) is 0 Å². The highest BCUT2D eigenvalue weighted by atomic mass is 35.5. The zero-order valence-electron chi connectivity index (χ0n) is 9.81. The molecule has 92 valence electrons. The van der Waals surface area contributed by atoms with Crippen molar-refractivity contribution in [2.24, 2.45) is 0 Å². The summed E-state index contributed by atoms with van der Waals surface area (Å²) < 4.78 is 5.04. The van der Waals surface area contributed by atoms with E-state index in [1.54, 1.807) is 49.6 Å². The lowest BCUT2D eigenvalue weighted by atomic mass is 10.0. The zero-order chi connectivity index (χ0) is 13.1. The maximum atomic E-state index is 12.3. The minimum absolute atomic E-state index is 0.194. The number of benzene rings is 2. The smallest absolute Gasteiger partial charge is 0.196 e. The van der Waals surface area contributed by atoms with Gasteiger partial charge in [0.25, 0.3) is 0 Å².